The molecule has 1 unspecified atom stereocenters. The number of hydrogen-bond donors (Lipinski definition) is 2. The van der Waals surface area contributed by atoms with Gasteiger partial charge in [-0.15, -0.1) is 4.36 Å². The van der Waals surface area contributed by atoms with E-state index in [1.54, 1.807) is 18.2 Å². The van der Waals surface area contributed by atoms with Crippen LogP contribution < -0.4 is 10.0 Å². The molecule has 2 aromatic carbocycles. The molecule has 1 heterocycles. The maximum absolute atomic E-state index is 13.5. The number of benzene rings is 2. The summed E-state index contributed by atoms with van der Waals surface area (Å²) in [5.41, 5.74) is 7.59. The Labute approximate surface area is 176 Å². The molecule has 1 aliphatic heterocycles. The molecule has 154 valence electrons. The molecule has 0 saturated heterocycles. The fraction of sp³-hybridized carbons (Fsp3) is 0.304. The van der Waals surface area contributed by atoms with Crippen LogP contribution in [0.15, 0.2) is 40.1 Å². The van der Waals surface area contributed by atoms with Crippen molar-refractivity contribution in [1.29, 1.82) is 0 Å². The van der Waals surface area contributed by atoms with E-state index in [-0.39, 0.29) is 10.5 Å². The van der Waals surface area contributed by atoms with Crippen LogP contribution in [0.3, 0.4) is 0 Å². The molecule has 3 aliphatic rings. The van der Waals surface area contributed by atoms with E-state index in [1.165, 1.54) is 22.3 Å². The number of rotatable bonds is 2. The normalized spacial score (nSPS) is 20.9. The highest BCUT2D eigenvalue weighted by Gasteiger charge is 2.33. The fourth-order valence-electron chi connectivity index (χ4n) is 4.73. The van der Waals surface area contributed by atoms with Gasteiger partial charge in [0.05, 0.1) is 10.5 Å². The Balaban J connectivity index is 1.55. The average Bonchev–Trinajstić information content (AvgIpc) is 3.40. The minimum Gasteiger partial charge on any atom is -0.305 e. The van der Waals surface area contributed by atoms with Gasteiger partial charge in [0, 0.05) is 5.69 Å². The molecule has 1 atom stereocenters. The van der Waals surface area contributed by atoms with Crippen LogP contribution in [0.4, 0.5) is 10.5 Å². The Morgan fingerprint density at radius 3 is 2.40 bits per heavy atom. The predicted octanol–water partition coefficient (Wildman–Crippen LogP) is 4.41. The highest BCUT2D eigenvalue weighted by molar-refractivity contribution is 7.93. The van der Waals surface area contributed by atoms with Crippen LogP contribution in [-0.4, -0.2) is 16.1 Å². The number of nitrogens with one attached hydrogen (secondary N) is 2. The Hall–Kier alpha value is -2.93. The van der Waals surface area contributed by atoms with Crippen LogP contribution in [0, 0.1) is 0 Å². The molecule has 6 nitrogen and oxygen atoms in total. The molecule has 0 fully saturated rings. The highest BCUT2D eigenvalue weighted by atomic mass is 32.2. The van der Waals surface area contributed by atoms with Crippen molar-refractivity contribution in [2.24, 2.45) is 4.36 Å². The smallest absolute Gasteiger partial charge is 0.305 e. The van der Waals surface area contributed by atoms with E-state index in [2.05, 4.69) is 27.0 Å². The van der Waals surface area contributed by atoms with Crippen molar-refractivity contribution in [1.82, 2.24) is 4.72 Å². The number of nitrogens with zero attached hydrogens (tertiary/aromatic N) is 1. The summed E-state index contributed by atoms with van der Waals surface area (Å²) < 4.78 is 19.8. The van der Waals surface area contributed by atoms with Crippen LogP contribution >= 0.6 is 0 Å². The minimum absolute atomic E-state index is 0.242. The lowest BCUT2D eigenvalue weighted by molar-refractivity contribution is 0.0985. The van der Waals surface area contributed by atoms with Crippen molar-refractivity contribution in [3.8, 4) is 0 Å². The summed E-state index contributed by atoms with van der Waals surface area (Å²) in [7, 11) is -3.39. The molecule has 0 saturated carbocycles. The number of urea groups is 1. The summed E-state index contributed by atoms with van der Waals surface area (Å²) in [6, 6.07) is 6.58. The van der Waals surface area contributed by atoms with Crippen LogP contribution in [0.1, 0.15) is 57.9 Å². The molecule has 0 spiro atoms. The lowest BCUT2D eigenvalue weighted by atomic mass is 9.99. The number of carbonyl (C=O) groups excluding carboxylic acids is 2. The van der Waals surface area contributed by atoms with Crippen LogP contribution in [0.2, 0.25) is 0 Å². The molecule has 0 bridgehead atoms. The number of aryl methyl sites for hydroxylation is 2. The molecular weight excluding hydrogens is 398 g/mol. The Kier molecular flexibility index (Phi) is 4.32. The van der Waals surface area contributed by atoms with Crippen molar-refractivity contribution in [3.05, 3.63) is 64.2 Å². The Bertz CT molecular complexity index is 1240. The molecule has 2 aliphatic carbocycles. The zero-order valence-electron chi connectivity index (χ0n) is 16.8. The van der Waals surface area contributed by atoms with Gasteiger partial charge in [0.15, 0.2) is 9.92 Å². The van der Waals surface area contributed by atoms with E-state index in [1.807, 2.05) is 6.92 Å². The van der Waals surface area contributed by atoms with Crippen molar-refractivity contribution in [3.63, 3.8) is 0 Å². The monoisotopic (exact) mass is 421 g/mol. The van der Waals surface area contributed by atoms with Gasteiger partial charge in [-0.3, -0.25) is 9.52 Å². The Morgan fingerprint density at radius 1 is 1.10 bits per heavy atom. The van der Waals surface area contributed by atoms with Crippen molar-refractivity contribution in [2.45, 2.75) is 50.3 Å². The molecule has 0 radical (unpaired) electrons. The van der Waals surface area contributed by atoms with E-state index >= 15 is 0 Å². The highest BCUT2D eigenvalue weighted by Crippen LogP contribution is 2.39. The fourth-order valence-corrected chi connectivity index (χ4v) is 6.37. The van der Waals surface area contributed by atoms with Crippen LogP contribution in [-0.2, 0) is 35.6 Å². The summed E-state index contributed by atoms with van der Waals surface area (Å²) in [6.07, 6.45) is 6.04. The summed E-state index contributed by atoms with van der Waals surface area (Å²) in [5, 5.41) is 2.92. The van der Waals surface area contributed by atoms with Gasteiger partial charge in [-0.05, 0) is 85.4 Å². The number of allylic oxidation sites excluding steroid dienone is 1. The third-order valence-electron chi connectivity index (χ3n) is 6.16. The van der Waals surface area contributed by atoms with E-state index in [0.29, 0.717) is 0 Å². The molecule has 0 aromatic heterocycles. The number of hydrogen-bond acceptors (Lipinski definition) is 3. The maximum atomic E-state index is 13.5. The number of fused-ring (bicyclic) bond motifs is 3. The minimum atomic E-state index is -3.39. The van der Waals surface area contributed by atoms with E-state index in [0.717, 1.165) is 55.3 Å². The quantitative estimate of drug-likeness (QED) is 0.753. The zero-order chi connectivity index (χ0) is 21.0. The van der Waals surface area contributed by atoms with Gasteiger partial charge in [0.2, 0.25) is 0 Å². The second kappa shape index (κ2) is 6.80. The first-order valence-corrected chi connectivity index (χ1v) is 11.7. The molecule has 2 N–H and O–H groups in total. The van der Waals surface area contributed by atoms with Gasteiger partial charge in [-0.2, -0.15) is 0 Å². The first-order valence-electron chi connectivity index (χ1n) is 10.2. The molecular formula is C23H23N3O3S. The van der Waals surface area contributed by atoms with Crippen LogP contribution in [0.5, 0.6) is 0 Å². The zero-order valence-corrected chi connectivity index (χ0v) is 17.7. The van der Waals surface area contributed by atoms with Crippen LogP contribution in [0.25, 0.3) is 5.57 Å². The van der Waals surface area contributed by atoms with Gasteiger partial charge in [-0.25, -0.2) is 9.00 Å². The topological polar surface area (TPSA) is 87.6 Å². The van der Waals surface area contributed by atoms with Crippen molar-refractivity contribution in [2.75, 3.05) is 5.32 Å². The van der Waals surface area contributed by atoms with Gasteiger partial charge in [0.25, 0.3) is 5.91 Å². The van der Waals surface area contributed by atoms with Gasteiger partial charge < -0.3 is 5.32 Å². The summed E-state index contributed by atoms with van der Waals surface area (Å²) in [5.74, 6) is -0.485. The average molecular weight is 422 g/mol. The predicted molar refractivity (Wildman–Crippen MR) is 117 cm³/mol. The largest absolute Gasteiger partial charge is 0.355 e. The molecule has 5 rings (SSSR count). The SMILES string of the molecule is C=C(C)c1ccc2c(c1)S(=O)(=NC(=O)Nc1c3c(cc4c1CCC4)CCC3)NC2=O. The number of amides is 3. The molecule has 2 aromatic rings. The summed E-state index contributed by atoms with van der Waals surface area (Å²) in [6.45, 7) is 5.72. The van der Waals surface area contributed by atoms with E-state index in [9.17, 15) is 13.8 Å². The lowest BCUT2D eigenvalue weighted by Gasteiger charge is -2.15. The van der Waals surface area contributed by atoms with Crippen molar-refractivity contribution < 1.29 is 13.8 Å². The van der Waals surface area contributed by atoms with Crippen molar-refractivity contribution >= 4 is 33.1 Å². The summed E-state index contributed by atoms with van der Waals surface area (Å²) in [4.78, 5) is 25.4. The summed E-state index contributed by atoms with van der Waals surface area (Å²) >= 11 is 0. The second-order valence-corrected chi connectivity index (χ2v) is 10.1. The number of anilines is 1. The van der Waals surface area contributed by atoms with Gasteiger partial charge in [-0.1, -0.05) is 24.3 Å². The standard InChI is InChI=1S/C23H23N3O3S/c1-13(2)14-9-10-19-20(12-14)30(29,25-22(19)27)26-23(28)24-21-17-7-3-5-15(17)11-16-6-4-8-18(16)21/h9-12H,1,3-8H2,2H3,(H2,24,25,26,27,28,29). The first-order chi connectivity index (χ1) is 14.4. The molecule has 3 amide bonds. The maximum Gasteiger partial charge on any atom is 0.355 e. The molecule has 30 heavy (non-hydrogen) atoms. The van der Waals surface area contributed by atoms with Gasteiger partial charge >= 0.3 is 6.03 Å². The molecule has 7 heteroatoms. The number of carbonyl (C=O) groups is 2. The van der Waals surface area contributed by atoms with Gasteiger partial charge in [0.1, 0.15) is 0 Å². The first kappa shape index (κ1) is 19.1. The lowest BCUT2D eigenvalue weighted by Crippen LogP contribution is -2.23. The Morgan fingerprint density at radius 2 is 1.77 bits per heavy atom. The van der Waals surface area contributed by atoms with E-state index < -0.39 is 21.9 Å². The third-order valence-corrected chi connectivity index (χ3v) is 7.98. The third kappa shape index (κ3) is 2.96. The van der Waals surface area contributed by atoms with E-state index in [4.69, 9.17) is 0 Å². The second-order valence-electron chi connectivity index (χ2n) is 8.20.